The molecule has 0 radical (unpaired) electrons. The zero-order valence-electron chi connectivity index (χ0n) is 4.46. The first-order chi connectivity index (χ1) is 3.27. The quantitative estimate of drug-likeness (QED) is 0.523. The summed E-state index contributed by atoms with van der Waals surface area (Å²) in [6, 6.07) is 0. The zero-order valence-corrected chi connectivity index (χ0v) is 4.46. The zero-order chi connectivity index (χ0) is 5.70. The molecule has 0 heterocycles. The van der Waals surface area contributed by atoms with Crippen LogP contribution in [0.5, 0.6) is 0 Å². The summed E-state index contributed by atoms with van der Waals surface area (Å²) >= 11 is 0. The Hall–Kier alpha value is -0.500. The second-order valence-corrected chi connectivity index (χ2v) is 1.51. The van der Waals surface area contributed by atoms with E-state index < -0.39 is 0 Å². The number of nitrogens with two attached hydrogens (primary N) is 1. The Morgan fingerprint density at radius 1 is 1.86 bits per heavy atom. The summed E-state index contributed by atoms with van der Waals surface area (Å²) in [4.78, 5) is 0. The van der Waals surface area contributed by atoms with Crippen LogP contribution in [0, 0.1) is 0 Å². The average molecular weight is 101 g/mol. The Kier molecular flexibility index (Phi) is 3.42. The minimum Gasteiger partial charge on any atom is -0.405 e. The molecule has 0 saturated carbocycles. The molecule has 7 heavy (non-hydrogen) atoms. The fourth-order valence-corrected chi connectivity index (χ4v) is 0.276. The molecule has 2 heteroatoms. The third-order valence-corrected chi connectivity index (χ3v) is 0.613. The highest BCUT2D eigenvalue weighted by atomic mass is 16.3. The molecule has 3 N–H and O–H groups in total. The van der Waals surface area contributed by atoms with Gasteiger partial charge < -0.3 is 10.8 Å². The molecular weight excluding hydrogens is 90.1 g/mol. The summed E-state index contributed by atoms with van der Waals surface area (Å²) in [7, 11) is 0. The summed E-state index contributed by atoms with van der Waals surface area (Å²) in [6.07, 6.45) is 3.55. The van der Waals surface area contributed by atoms with Gasteiger partial charge in [0.25, 0.3) is 0 Å². The van der Waals surface area contributed by atoms with Crippen molar-refractivity contribution in [3.63, 3.8) is 0 Å². The van der Waals surface area contributed by atoms with Crippen LogP contribution in [0.2, 0.25) is 0 Å². The molecule has 42 valence electrons. The molecule has 0 fully saturated rings. The van der Waals surface area contributed by atoms with Crippen LogP contribution in [0.1, 0.15) is 13.3 Å². The van der Waals surface area contributed by atoms with E-state index in [0.29, 0.717) is 6.42 Å². The van der Waals surface area contributed by atoms with E-state index in [2.05, 4.69) is 0 Å². The van der Waals surface area contributed by atoms with Gasteiger partial charge in [0.05, 0.1) is 6.10 Å². The van der Waals surface area contributed by atoms with E-state index in [4.69, 9.17) is 10.8 Å². The average Bonchev–Trinajstić information content (AvgIpc) is 1.61. The van der Waals surface area contributed by atoms with Crippen LogP contribution in [0.4, 0.5) is 0 Å². The van der Waals surface area contributed by atoms with Gasteiger partial charge in [-0.05, 0) is 19.5 Å². The molecular formula is C5H11NO. The maximum Gasteiger partial charge on any atom is 0.0547 e. The molecule has 0 saturated heterocycles. The molecule has 0 aliphatic heterocycles. The Morgan fingerprint density at radius 3 is 2.57 bits per heavy atom. The predicted molar refractivity (Wildman–Crippen MR) is 29.6 cm³/mol. The number of aliphatic hydroxyl groups excluding tert-OH is 1. The second kappa shape index (κ2) is 3.68. The standard InChI is InChI=1S/C5H11NO/c1-5(7)3-2-4-6/h2,4-5,7H,3,6H2,1H3/b4-2-. The van der Waals surface area contributed by atoms with Crippen molar-refractivity contribution in [2.45, 2.75) is 19.4 Å². The first-order valence-corrected chi connectivity index (χ1v) is 2.32. The Morgan fingerprint density at radius 2 is 2.43 bits per heavy atom. The van der Waals surface area contributed by atoms with E-state index in [-0.39, 0.29) is 6.10 Å². The van der Waals surface area contributed by atoms with E-state index in [9.17, 15) is 0 Å². The van der Waals surface area contributed by atoms with Gasteiger partial charge in [-0.1, -0.05) is 6.08 Å². The van der Waals surface area contributed by atoms with Crippen LogP contribution in [0.15, 0.2) is 12.3 Å². The molecule has 2 nitrogen and oxygen atoms in total. The van der Waals surface area contributed by atoms with Gasteiger partial charge in [0.15, 0.2) is 0 Å². The van der Waals surface area contributed by atoms with Crippen LogP contribution in [0.25, 0.3) is 0 Å². The SMILES string of the molecule is CC(O)C/C=C\N. The lowest BCUT2D eigenvalue weighted by Crippen LogP contribution is -1.95. The summed E-state index contributed by atoms with van der Waals surface area (Å²) in [6.45, 7) is 1.72. The van der Waals surface area contributed by atoms with Crippen LogP contribution < -0.4 is 5.73 Å². The van der Waals surface area contributed by atoms with E-state index in [1.807, 2.05) is 0 Å². The first-order valence-electron chi connectivity index (χ1n) is 2.32. The highest BCUT2D eigenvalue weighted by Gasteiger charge is 1.85. The number of hydrogen-bond donors (Lipinski definition) is 2. The number of aliphatic hydroxyl groups is 1. The lowest BCUT2D eigenvalue weighted by molar-refractivity contribution is 0.198. The van der Waals surface area contributed by atoms with E-state index in [0.717, 1.165) is 0 Å². The molecule has 0 rings (SSSR count). The van der Waals surface area contributed by atoms with E-state index in [1.165, 1.54) is 6.20 Å². The molecule has 0 amide bonds. The molecule has 0 bridgehead atoms. The van der Waals surface area contributed by atoms with Gasteiger partial charge in [0.1, 0.15) is 0 Å². The third kappa shape index (κ3) is 5.50. The summed E-state index contributed by atoms with van der Waals surface area (Å²) < 4.78 is 0. The van der Waals surface area contributed by atoms with Crippen LogP contribution in [0.3, 0.4) is 0 Å². The maximum absolute atomic E-state index is 8.58. The smallest absolute Gasteiger partial charge is 0.0547 e. The summed E-state index contributed by atoms with van der Waals surface area (Å²) in [5.41, 5.74) is 4.99. The van der Waals surface area contributed by atoms with Crippen molar-refractivity contribution in [2.24, 2.45) is 5.73 Å². The van der Waals surface area contributed by atoms with Crippen molar-refractivity contribution in [3.05, 3.63) is 12.3 Å². The number of hydrogen-bond acceptors (Lipinski definition) is 2. The third-order valence-electron chi connectivity index (χ3n) is 0.613. The topological polar surface area (TPSA) is 46.2 Å². The lowest BCUT2D eigenvalue weighted by atomic mass is 10.3. The Labute approximate surface area is 43.6 Å². The first kappa shape index (κ1) is 6.50. The van der Waals surface area contributed by atoms with Gasteiger partial charge in [-0.2, -0.15) is 0 Å². The van der Waals surface area contributed by atoms with Crippen molar-refractivity contribution >= 4 is 0 Å². The molecule has 1 atom stereocenters. The van der Waals surface area contributed by atoms with Gasteiger partial charge >= 0.3 is 0 Å². The fraction of sp³-hybridized carbons (Fsp3) is 0.600. The van der Waals surface area contributed by atoms with Crippen molar-refractivity contribution in [1.29, 1.82) is 0 Å². The Balaban J connectivity index is 2.97. The lowest BCUT2D eigenvalue weighted by Gasteiger charge is -1.93. The normalized spacial score (nSPS) is 15.1. The Bertz CT molecular complexity index is 59.1. The summed E-state index contributed by atoms with van der Waals surface area (Å²) in [5, 5.41) is 8.58. The van der Waals surface area contributed by atoms with Gasteiger partial charge in [-0.3, -0.25) is 0 Å². The minimum absolute atomic E-state index is 0.264. The van der Waals surface area contributed by atoms with Crippen LogP contribution in [-0.2, 0) is 0 Å². The van der Waals surface area contributed by atoms with Crippen molar-refractivity contribution in [2.75, 3.05) is 0 Å². The van der Waals surface area contributed by atoms with Gasteiger partial charge in [0, 0.05) is 0 Å². The number of rotatable bonds is 2. The largest absolute Gasteiger partial charge is 0.405 e. The van der Waals surface area contributed by atoms with Gasteiger partial charge in [-0.15, -0.1) is 0 Å². The fourth-order valence-electron chi connectivity index (χ4n) is 0.276. The predicted octanol–water partition coefficient (Wildman–Crippen LogP) is 0.230. The van der Waals surface area contributed by atoms with Crippen molar-refractivity contribution in [1.82, 2.24) is 0 Å². The molecule has 0 aromatic rings. The van der Waals surface area contributed by atoms with Crippen molar-refractivity contribution < 1.29 is 5.11 Å². The molecule has 0 aliphatic rings. The maximum atomic E-state index is 8.58. The highest BCUT2D eigenvalue weighted by Crippen LogP contribution is 1.87. The van der Waals surface area contributed by atoms with E-state index >= 15 is 0 Å². The second-order valence-electron chi connectivity index (χ2n) is 1.51. The monoisotopic (exact) mass is 101 g/mol. The van der Waals surface area contributed by atoms with Crippen LogP contribution >= 0.6 is 0 Å². The van der Waals surface area contributed by atoms with Gasteiger partial charge in [-0.25, -0.2) is 0 Å². The molecule has 0 aliphatic carbocycles. The molecule has 0 spiro atoms. The van der Waals surface area contributed by atoms with Crippen LogP contribution in [-0.4, -0.2) is 11.2 Å². The van der Waals surface area contributed by atoms with Crippen molar-refractivity contribution in [3.8, 4) is 0 Å². The highest BCUT2D eigenvalue weighted by molar-refractivity contribution is 4.77. The summed E-state index contributed by atoms with van der Waals surface area (Å²) in [5.74, 6) is 0. The minimum atomic E-state index is -0.264. The van der Waals surface area contributed by atoms with Gasteiger partial charge in [0.2, 0.25) is 0 Å². The molecule has 0 aromatic heterocycles. The molecule has 0 aromatic carbocycles. The molecule has 1 unspecified atom stereocenters. The van der Waals surface area contributed by atoms with E-state index in [1.54, 1.807) is 13.0 Å².